The third kappa shape index (κ3) is 0.808. The summed E-state index contributed by atoms with van der Waals surface area (Å²) in [5, 5.41) is 0. The van der Waals surface area contributed by atoms with Crippen LogP contribution in [0.2, 0.25) is 0 Å². The highest BCUT2D eigenvalue weighted by atomic mass is 16.1. The highest BCUT2D eigenvalue weighted by Crippen LogP contribution is 2.18. The summed E-state index contributed by atoms with van der Waals surface area (Å²) < 4.78 is 0. The van der Waals surface area contributed by atoms with E-state index in [1.165, 1.54) is 0 Å². The number of Topliss-reactive ketones (excluding diaryl/α,β-unsaturated/α-hetero) is 1. The Morgan fingerprint density at radius 3 is 2.50 bits per heavy atom. The van der Waals surface area contributed by atoms with Gasteiger partial charge in [-0.2, -0.15) is 0 Å². The van der Waals surface area contributed by atoms with Gasteiger partial charge in [0.15, 0.2) is 5.78 Å². The summed E-state index contributed by atoms with van der Waals surface area (Å²) in [4.78, 5) is 10.7. The minimum atomic E-state index is 0.317. The predicted octanol–water partition coefficient (Wildman–Crippen LogP) is 1.54. The van der Waals surface area contributed by atoms with Crippen molar-refractivity contribution in [3.63, 3.8) is 0 Å². The van der Waals surface area contributed by atoms with Crippen molar-refractivity contribution in [3.8, 4) is 0 Å². The molecule has 0 aromatic rings. The number of ketones is 1. The van der Waals surface area contributed by atoms with Crippen LogP contribution in [0.15, 0.2) is 11.6 Å². The van der Waals surface area contributed by atoms with Crippen molar-refractivity contribution in [3.05, 3.63) is 11.6 Å². The maximum absolute atomic E-state index is 10.7. The molecule has 8 heavy (non-hydrogen) atoms. The fourth-order valence-electron chi connectivity index (χ4n) is 1.03. The van der Waals surface area contributed by atoms with E-state index in [0.29, 0.717) is 11.7 Å². The highest BCUT2D eigenvalue weighted by Gasteiger charge is 2.15. The smallest absolute Gasteiger partial charge is 0.158 e. The van der Waals surface area contributed by atoms with Gasteiger partial charge in [-0.15, -0.1) is 0 Å². The molecule has 0 fully saturated rings. The van der Waals surface area contributed by atoms with Gasteiger partial charge < -0.3 is 0 Å². The highest BCUT2D eigenvalue weighted by molar-refractivity contribution is 5.97. The van der Waals surface area contributed by atoms with Gasteiger partial charge >= 0.3 is 0 Å². The number of rotatable bonds is 0. The summed E-state index contributed by atoms with van der Waals surface area (Å²) in [6.45, 7) is 3.94. The van der Waals surface area contributed by atoms with Crippen LogP contribution in [0.5, 0.6) is 0 Å². The molecular weight excluding hydrogens is 100 g/mol. The zero-order valence-corrected chi connectivity index (χ0v) is 5.27. The lowest BCUT2D eigenvalue weighted by Crippen LogP contribution is -1.92. The second kappa shape index (κ2) is 1.73. The normalized spacial score (nSPS) is 28.5. The van der Waals surface area contributed by atoms with E-state index in [-0.39, 0.29) is 0 Å². The molecule has 1 rings (SSSR count). The van der Waals surface area contributed by atoms with Crippen LogP contribution in [-0.4, -0.2) is 5.78 Å². The van der Waals surface area contributed by atoms with Crippen molar-refractivity contribution in [1.82, 2.24) is 0 Å². The first-order valence-corrected chi connectivity index (χ1v) is 2.92. The number of carbonyl (C=O) groups excluding carboxylic acids is 1. The van der Waals surface area contributed by atoms with E-state index in [9.17, 15) is 4.79 Å². The minimum Gasteiger partial charge on any atom is -0.295 e. The van der Waals surface area contributed by atoms with Gasteiger partial charge in [0.05, 0.1) is 0 Å². The van der Waals surface area contributed by atoms with Gasteiger partial charge in [-0.05, 0) is 18.4 Å². The molecule has 0 aromatic carbocycles. The lowest BCUT2D eigenvalue weighted by Gasteiger charge is -1.88. The van der Waals surface area contributed by atoms with Crippen molar-refractivity contribution in [2.24, 2.45) is 5.92 Å². The summed E-state index contributed by atoms with van der Waals surface area (Å²) in [6.07, 6.45) is 2.76. The lowest BCUT2D eigenvalue weighted by atomic mass is 10.2. The van der Waals surface area contributed by atoms with Gasteiger partial charge in [0, 0.05) is 6.42 Å². The maximum atomic E-state index is 10.7. The van der Waals surface area contributed by atoms with Gasteiger partial charge in [-0.3, -0.25) is 4.79 Å². The first kappa shape index (κ1) is 5.54. The topological polar surface area (TPSA) is 17.1 Å². The Hall–Kier alpha value is -0.590. The molecule has 0 aromatic heterocycles. The SMILES string of the molecule is CC1=CC(C)CC1=O. The van der Waals surface area contributed by atoms with Crippen molar-refractivity contribution in [2.75, 3.05) is 0 Å². The second-order valence-corrected chi connectivity index (χ2v) is 2.45. The Labute approximate surface area is 49.4 Å². The number of hydrogen-bond acceptors (Lipinski definition) is 1. The van der Waals surface area contributed by atoms with Crippen molar-refractivity contribution < 1.29 is 4.79 Å². The van der Waals surface area contributed by atoms with E-state index < -0.39 is 0 Å². The van der Waals surface area contributed by atoms with Crippen LogP contribution in [0.4, 0.5) is 0 Å². The molecule has 0 amide bonds. The van der Waals surface area contributed by atoms with E-state index in [2.05, 4.69) is 6.92 Å². The van der Waals surface area contributed by atoms with E-state index in [1.807, 2.05) is 13.0 Å². The first-order valence-electron chi connectivity index (χ1n) is 2.92. The fraction of sp³-hybridized carbons (Fsp3) is 0.571. The molecule has 0 saturated carbocycles. The molecule has 1 unspecified atom stereocenters. The molecule has 0 bridgehead atoms. The average Bonchev–Trinajstić information content (AvgIpc) is 1.85. The van der Waals surface area contributed by atoms with E-state index in [4.69, 9.17) is 0 Å². The van der Waals surface area contributed by atoms with E-state index in [1.54, 1.807) is 0 Å². The number of carbonyl (C=O) groups is 1. The fourth-order valence-corrected chi connectivity index (χ4v) is 1.03. The Balaban J connectivity index is 2.73. The molecule has 0 spiro atoms. The van der Waals surface area contributed by atoms with Gasteiger partial charge in [0.2, 0.25) is 0 Å². The van der Waals surface area contributed by atoms with Crippen LogP contribution in [0, 0.1) is 5.92 Å². The third-order valence-corrected chi connectivity index (χ3v) is 1.48. The summed E-state index contributed by atoms with van der Waals surface area (Å²) in [5.41, 5.74) is 0.942. The first-order chi connectivity index (χ1) is 3.70. The van der Waals surface area contributed by atoms with Crippen LogP contribution in [-0.2, 0) is 4.79 Å². The number of allylic oxidation sites excluding steroid dienone is 2. The summed E-state index contributed by atoms with van der Waals surface area (Å²) in [5.74, 6) is 0.806. The van der Waals surface area contributed by atoms with Crippen molar-refractivity contribution in [2.45, 2.75) is 20.3 Å². The molecule has 44 valence electrons. The molecule has 0 aliphatic heterocycles. The number of hydrogen-bond donors (Lipinski definition) is 0. The van der Waals surface area contributed by atoms with Crippen LogP contribution >= 0.6 is 0 Å². The predicted molar refractivity (Wildman–Crippen MR) is 32.5 cm³/mol. The van der Waals surface area contributed by atoms with Crippen molar-refractivity contribution >= 4 is 5.78 Å². The molecule has 0 saturated heterocycles. The molecule has 0 radical (unpaired) electrons. The maximum Gasteiger partial charge on any atom is 0.158 e. The van der Waals surface area contributed by atoms with Crippen LogP contribution in [0.1, 0.15) is 20.3 Å². The van der Waals surface area contributed by atoms with Gasteiger partial charge in [-0.1, -0.05) is 13.0 Å². The zero-order chi connectivity index (χ0) is 6.15. The van der Waals surface area contributed by atoms with Gasteiger partial charge in [0.1, 0.15) is 0 Å². The Morgan fingerprint density at radius 2 is 2.38 bits per heavy atom. The summed E-state index contributed by atoms with van der Waals surface area (Å²) in [7, 11) is 0. The van der Waals surface area contributed by atoms with E-state index >= 15 is 0 Å². The van der Waals surface area contributed by atoms with Gasteiger partial charge in [-0.25, -0.2) is 0 Å². The second-order valence-electron chi connectivity index (χ2n) is 2.45. The molecule has 1 atom stereocenters. The quantitative estimate of drug-likeness (QED) is 0.462. The third-order valence-electron chi connectivity index (χ3n) is 1.48. The summed E-state index contributed by atoms with van der Waals surface area (Å²) in [6, 6.07) is 0. The monoisotopic (exact) mass is 110 g/mol. The molecule has 1 aliphatic carbocycles. The Morgan fingerprint density at radius 1 is 1.75 bits per heavy atom. The largest absolute Gasteiger partial charge is 0.295 e. The molecule has 0 heterocycles. The summed E-state index contributed by atoms with van der Waals surface area (Å²) >= 11 is 0. The average molecular weight is 110 g/mol. The van der Waals surface area contributed by atoms with Gasteiger partial charge in [0.25, 0.3) is 0 Å². The van der Waals surface area contributed by atoms with E-state index in [0.717, 1.165) is 12.0 Å². The van der Waals surface area contributed by atoms with Crippen LogP contribution in [0.25, 0.3) is 0 Å². The molecule has 0 N–H and O–H groups in total. The lowest BCUT2D eigenvalue weighted by molar-refractivity contribution is -0.115. The van der Waals surface area contributed by atoms with Crippen LogP contribution < -0.4 is 0 Å². The minimum absolute atomic E-state index is 0.317. The Kier molecular flexibility index (Phi) is 1.20. The molecule has 1 heteroatoms. The molecule has 1 nitrogen and oxygen atoms in total. The standard InChI is InChI=1S/C7H10O/c1-5-3-6(2)7(8)4-5/h3,5H,4H2,1-2H3. The molecular formula is C7H10O. The van der Waals surface area contributed by atoms with Crippen molar-refractivity contribution in [1.29, 1.82) is 0 Å². The Bertz CT molecular complexity index is 144. The zero-order valence-electron chi connectivity index (χ0n) is 5.27. The molecule has 1 aliphatic rings. The van der Waals surface area contributed by atoms with Crippen LogP contribution in [0.3, 0.4) is 0 Å².